The Kier molecular flexibility index (Phi) is 2.09. The molecule has 0 spiro atoms. The molecule has 0 amide bonds. The summed E-state index contributed by atoms with van der Waals surface area (Å²) in [5.74, 6) is 0.858. The molecule has 0 radical (unpaired) electrons. The summed E-state index contributed by atoms with van der Waals surface area (Å²) in [4.78, 5) is 4.08. The van der Waals surface area contributed by atoms with Crippen LogP contribution in [0.2, 0.25) is 0 Å². The molecule has 4 nitrogen and oxygen atoms in total. The van der Waals surface area contributed by atoms with E-state index in [-0.39, 0.29) is 5.75 Å². The molecular formula is C9H9N3OS. The van der Waals surface area contributed by atoms with Crippen LogP contribution in [0.4, 0.5) is 0 Å². The van der Waals surface area contributed by atoms with Crippen molar-refractivity contribution in [3.05, 3.63) is 28.5 Å². The maximum atomic E-state index is 9.33. The van der Waals surface area contributed by atoms with Crippen LogP contribution in [-0.2, 0) is 0 Å². The van der Waals surface area contributed by atoms with Crippen LogP contribution < -0.4 is 0 Å². The van der Waals surface area contributed by atoms with E-state index in [4.69, 9.17) is 12.2 Å². The second kappa shape index (κ2) is 3.26. The third kappa shape index (κ3) is 1.54. The van der Waals surface area contributed by atoms with Gasteiger partial charge in [0.1, 0.15) is 5.75 Å². The maximum absolute atomic E-state index is 9.33. The highest BCUT2D eigenvalue weighted by atomic mass is 32.1. The van der Waals surface area contributed by atoms with Crippen molar-refractivity contribution < 1.29 is 5.11 Å². The molecule has 0 saturated heterocycles. The van der Waals surface area contributed by atoms with Crippen LogP contribution >= 0.6 is 12.2 Å². The molecule has 14 heavy (non-hydrogen) atoms. The van der Waals surface area contributed by atoms with Crippen LogP contribution in [0.1, 0.15) is 5.56 Å². The Morgan fingerprint density at radius 1 is 1.36 bits per heavy atom. The second-order valence-electron chi connectivity index (χ2n) is 3.01. The minimum absolute atomic E-state index is 0.216. The van der Waals surface area contributed by atoms with Crippen molar-refractivity contribution >= 4 is 12.2 Å². The number of phenols is 1. The summed E-state index contributed by atoms with van der Waals surface area (Å²) in [5.41, 5.74) is 1.87. The highest BCUT2D eigenvalue weighted by Crippen LogP contribution is 2.23. The molecule has 1 aromatic carbocycles. The summed E-state index contributed by atoms with van der Waals surface area (Å²) in [6, 6.07) is 5.12. The molecule has 0 fully saturated rings. The van der Waals surface area contributed by atoms with E-state index in [0.29, 0.717) is 10.6 Å². The molecule has 0 saturated carbocycles. The monoisotopic (exact) mass is 207 g/mol. The van der Waals surface area contributed by atoms with Crippen molar-refractivity contribution in [2.45, 2.75) is 6.92 Å². The minimum atomic E-state index is 0.216. The fourth-order valence-corrected chi connectivity index (χ4v) is 1.41. The van der Waals surface area contributed by atoms with Gasteiger partial charge in [-0.05, 0) is 36.8 Å². The molecule has 3 N–H and O–H groups in total. The van der Waals surface area contributed by atoms with E-state index >= 15 is 0 Å². The van der Waals surface area contributed by atoms with Gasteiger partial charge in [0.05, 0.1) is 0 Å². The topological polar surface area (TPSA) is 64.7 Å². The lowest BCUT2D eigenvalue weighted by atomic mass is 10.1. The Labute approximate surface area is 85.6 Å². The van der Waals surface area contributed by atoms with E-state index < -0.39 is 0 Å². The molecule has 5 heteroatoms. The average molecular weight is 207 g/mol. The Morgan fingerprint density at radius 2 is 2.14 bits per heavy atom. The van der Waals surface area contributed by atoms with Crippen LogP contribution in [0, 0.1) is 11.7 Å². The summed E-state index contributed by atoms with van der Waals surface area (Å²) in [6.45, 7) is 1.94. The lowest BCUT2D eigenvalue weighted by molar-refractivity contribution is 0.475. The largest absolute Gasteiger partial charge is 0.508 e. The molecular weight excluding hydrogens is 198 g/mol. The lowest BCUT2D eigenvalue weighted by Gasteiger charge is -2.01. The predicted octanol–water partition coefficient (Wildman–Crippen LogP) is 2.15. The van der Waals surface area contributed by atoms with Crippen LogP contribution in [0.3, 0.4) is 0 Å². The summed E-state index contributed by atoms with van der Waals surface area (Å²) < 4.78 is 0.405. The number of aromatic amines is 2. The van der Waals surface area contributed by atoms with Crippen LogP contribution in [0.15, 0.2) is 18.2 Å². The number of benzene rings is 1. The number of rotatable bonds is 1. The highest BCUT2D eigenvalue weighted by Gasteiger charge is 2.05. The molecule has 1 heterocycles. The molecule has 72 valence electrons. The molecule has 2 aromatic rings. The van der Waals surface area contributed by atoms with Gasteiger partial charge in [0.15, 0.2) is 5.82 Å². The van der Waals surface area contributed by atoms with E-state index in [1.807, 2.05) is 13.0 Å². The summed E-state index contributed by atoms with van der Waals surface area (Å²) in [5, 5.41) is 14.9. The van der Waals surface area contributed by atoms with E-state index in [2.05, 4.69) is 15.2 Å². The first-order valence-electron chi connectivity index (χ1n) is 4.11. The second-order valence-corrected chi connectivity index (χ2v) is 3.40. The molecule has 0 atom stereocenters. The van der Waals surface area contributed by atoms with Gasteiger partial charge in [0.2, 0.25) is 4.77 Å². The van der Waals surface area contributed by atoms with Crippen LogP contribution in [0.5, 0.6) is 5.75 Å². The lowest BCUT2D eigenvalue weighted by Crippen LogP contribution is -1.85. The van der Waals surface area contributed by atoms with Gasteiger partial charge in [-0.2, -0.15) is 4.98 Å². The molecule has 0 aliphatic rings. The van der Waals surface area contributed by atoms with Crippen molar-refractivity contribution in [3.63, 3.8) is 0 Å². The zero-order chi connectivity index (χ0) is 10.1. The number of H-pyrrole nitrogens is 2. The van der Waals surface area contributed by atoms with Gasteiger partial charge in [-0.1, -0.05) is 6.07 Å². The normalized spacial score (nSPS) is 10.4. The number of nitrogens with one attached hydrogen (secondary N) is 2. The average Bonchev–Trinajstić information content (AvgIpc) is 2.56. The zero-order valence-electron chi connectivity index (χ0n) is 7.53. The van der Waals surface area contributed by atoms with Crippen molar-refractivity contribution in [1.82, 2.24) is 15.2 Å². The van der Waals surface area contributed by atoms with Crippen molar-refractivity contribution in [2.24, 2.45) is 0 Å². The van der Waals surface area contributed by atoms with Crippen molar-refractivity contribution in [2.75, 3.05) is 0 Å². The SMILES string of the molecule is Cc1ccc(O)cc1-c1nc(=S)[nH][nH]1. The Balaban J connectivity index is 2.61. The van der Waals surface area contributed by atoms with Gasteiger partial charge in [-0.15, -0.1) is 0 Å². The smallest absolute Gasteiger partial charge is 0.213 e. The molecule has 1 aromatic heterocycles. The first-order chi connectivity index (χ1) is 6.66. The third-order valence-electron chi connectivity index (χ3n) is 1.98. The van der Waals surface area contributed by atoms with Gasteiger partial charge in [0, 0.05) is 5.56 Å². The van der Waals surface area contributed by atoms with Gasteiger partial charge in [0.25, 0.3) is 0 Å². The van der Waals surface area contributed by atoms with Crippen molar-refractivity contribution in [1.29, 1.82) is 0 Å². The van der Waals surface area contributed by atoms with E-state index in [0.717, 1.165) is 11.1 Å². The molecule has 0 aliphatic carbocycles. The Morgan fingerprint density at radius 3 is 2.79 bits per heavy atom. The summed E-state index contributed by atoms with van der Waals surface area (Å²) in [6.07, 6.45) is 0. The predicted molar refractivity (Wildman–Crippen MR) is 55.6 cm³/mol. The van der Waals surface area contributed by atoms with Crippen molar-refractivity contribution in [3.8, 4) is 17.1 Å². The van der Waals surface area contributed by atoms with E-state index in [1.54, 1.807) is 12.1 Å². The first-order valence-corrected chi connectivity index (χ1v) is 4.52. The van der Waals surface area contributed by atoms with Gasteiger partial charge < -0.3 is 5.11 Å². The number of hydrogen-bond acceptors (Lipinski definition) is 3. The molecule has 2 rings (SSSR count). The van der Waals surface area contributed by atoms with Gasteiger partial charge in [-0.3, -0.25) is 10.2 Å². The summed E-state index contributed by atoms with van der Waals surface area (Å²) in [7, 11) is 0. The zero-order valence-corrected chi connectivity index (χ0v) is 8.35. The number of nitrogens with zero attached hydrogens (tertiary/aromatic N) is 1. The summed E-state index contributed by atoms with van der Waals surface area (Å²) >= 11 is 4.85. The van der Waals surface area contributed by atoms with Gasteiger partial charge in [-0.25, -0.2) is 0 Å². The van der Waals surface area contributed by atoms with Gasteiger partial charge >= 0.3 is 0 Å². The number of aryl methyl sites for hydroxylation is 1. The molecule has 0 bridgehead atoms. The fraction of sp³-hybridized carbons (Fsp3) is 0.111. The molecule has 0 aliphatic heterocycles. The number of phenolic OH excluding ortho intramolecular Hbond substituents is 1. The number of aromatic hydroxyl groups is 1. The quantitative estimate of drug-likeness (QED) is 0.628. The first kappa shape index (κ1) is 8.96. The van der Waals surface area contributed by atoms with E-state index in [1.165, 1.54) is 0 Å². The third-order valence-corrected chi connectivity index (χ3v) is 2.17. The fourth-order valence-electron chi connectivity index (χ4n) is 1.26. The maximum Gasteiger partial charge on any atom is 0.213 e. The molecule has 0 unspecified atom stereocenters. The van der Waals surface area contributed by atoms with Crippen LogP contribution in [-0.4, -0.2) is 20.3 Å². The van der Waals surface area contributed by atoms with Crippen LogP contribution in [0.25, 0.3) is 11.4 Å². The number of aromatic nitrogens is 3. The Hall–Kier alpha value is -1.62. The number of hydrogen-bond donors (Lipinski definition) is 3. The highest BCUT2D eigenvalue weighted by molar-refractivity contribution is 7.71. The minimum Gasteiger partial charge on any atom is -0.508 e. The standard InChI is InChI=1S/C9H9N3OS/c1-5-2-3-6(13)4-7(5)8-10-9(14)12-11-8/h2-4,13H,1H3,(H2,10,11,12,14). The Bertz CT molecular complexity index is 515. The van der Waals surface area contributed by atoms with E-state index in [9.17, 15) is 5.11 Å².